The van der Waals surface area contributed by atoms with Crippen LogP contribution in [0.4, 0.5) is 5.69 Å². The molecule has 0 aliphatic carbocycles. The lowest BCUT2D eigenvalue weighted by atomic mass is 10.2. The van der Waals surface area contributed by atoms with E-state index in [1.165, 1.54) is 0 Å². The highest BCUT2D eigenvalue weighted by molar-refractivity contribution is 9.28. The van der Waals surface area contributed by atoms with Gasteiger partial charge in [-0.15, -0.1) is 0 Å². The van der Waals surface area contributed by atoms with Gasteiger partial charge in [0, 0.05) is 10.2 Å². The predicted octanol–water partition coefficient (Wildman–Crippen LogP) is 4.12. The number of hydrogen-bond acceptors (Lipinski definition) is 1. The van der Waals surface area contributed by atoms with Crippen molar-refractivity contribution in [2.45, 2.75) is 0 Å². The van der Waals surface area contributed by atoms with E-state index >= 15 is 0 Å². The van der Waals surface area contributed by atoms with Crippen LogP contribution in [0.3, 0.4) is 0 Å². The zero-order chi connectivity index (χ0) is 9.14. The molecule has 0 aromatic heterocycles. The van der Waals surface area contributed by atoms with Gasteiger partial charge in [0.2, 0.25) is 0 Å². The number of rotatable bonds is 1. The quantitative estimate of drug-likeness (QED) is 0.753. The van der Waals surface area contributed by atoms with Crippen molar-refractivity contribution in [1.82, 2.24) is 0 Å². The largest absolute Gasteiger partial charge is 0.398 e. The Kier molecular flexibility index (Phi) is 3.80. The van der Waals surface area contributed by atoms with E-state index in [1.807, 2.05) is 24.3 Å². The topological polar surface area (TPSA) is 26.0 Å². The number of hydrogen-bond donors (Lipinski definition) is 1. The van der Waals surface area contributed by atoms with Crippen molar-refractivity contribution in [3.05, 3.63) is 31.6 Å². The predicted molar refractivity (Wildman–Crippen MR) is 64.4 cm³/mol. The molecule has 2 N–H and O–H groups in total. The molecule has 1 aromatic rings. The highest BCUT2D eigenvalue weighted by Gasteiger charge is 1.96. The van der Waals surface area contributed by atoms with Gasteiger partial charge in [0.15, 0.2) is 0 Å². The Morgan fingerprint density at radius 1 is 1.33 bits per heavy atom. The van der Waals surface area contributed by atoms with Crippen molar-refractivity contribution < 1.29 is 0 Å². The normalized spacial score (nSPS) is 9.58. The summed E-state index contributed by atoms with van der Waals surface area (Å²) in [6, 6.07) is 5.77. The maximum absolute atomic E-state index is 5.75. The Hall–Kier alpha value is 0.200. The summed E-state index contributed by atoms with van der Waals surface area (Å²) in [6.07, 6.45) is 1.90. The van der Waals surface area contributed by atoms with E-state index in [9.17, 15) is 0 Å². The lowest BCUT2D eigenvalue weighted by Crippen LogP contribution is -1.88. The second-order valence-electron chi connectivity index (χ2n) is 2.21. The first-order valence-electron chi connectivity index (χ1n) is 3.17. The molecule has 0 unspecified atom stereocenters. The van der Waals surface area contributed by atoms with Crippen LogP contribution in [0.25, 0.3) is 6.08 Å². The molecule has 0 saturated heterocycles. The van der Waals surface area contributed by atoms with Crippen LogP contribution in [0.5, 0.6) is 0 Å². The molecule has 0 spiro atoms. The van der Waals surface area contributed by atoms with Gasteiger partial charge in [-0.1, -0.05) is 22.0 Å². The zero-order valence-electron chi connectivity index (χ0n) is 6.02. The highest BCUT2D eigenvalue weighted by Crippen LogP contribution is 2.24. The second-order valence-corrected chi connectivity index (χ2v) is 5.90. The van der Waals surface area contributed by atoms with Gasteiger partial charge < -0.3 is 5.73 Å². The summed E-state index contributed by atoms with van der Waals surface area (Å²) in [4.78, 5) is 0. The van der Waals surface area contributed by atoms with E-state index < -0.39 is 0 Å². The van der Waals surface area contributed by atoms with E-state index in [0.717, 1.165) is 19.1 Å². The van der Waals surface area contributed by atoms with Crippen molar-refractivity contribution >= 4 is 59.6 Å². The van der Waals surface area contributed by atoms with Crippen molar-refractivity contribution in [3.63, 3.8) is 0 Å². The summed E-state index contributed by atoms with van der Waals surface area (Å²) >= 11 is 9.89. The molecule has 0 fully saturated rings. The van der Waals surface area contributed by atoms with Gasteiger partial charge in [0.05, 0.1) is 3.39 Å². The van der Waals surface area contributed by atoms with Crippen molar-refractivity contribution in [2.75, 3.05) is 5.73 Å². The Morgan fingerprint density at radius 3 is 2.50 bits per heavy atom. The Labute approximate surface area is 96.4 Å². The Balaban J connectivity index is 3.10. The van der Waals surface area contributed by atoms with Gasteiger partial charge in [-0.3, -0.25) is 0 Å². The summed E-state index contributed by atoms with van der Waals surface area (Å²) in [6.45, 7) is 0. The third kappa shape index (κ3) is 2.92. The van der Waals surface area contributed by atoms with Crippen molar-refractivity contribution in [2.24, 2.45) is 0 Å². The molecule has 0 aliphatic heterocycles. The van der Waals surface area contributed by atoms with Gasteiger partial charge in [-0.05, 0) is 55.6 Å². The van der Waals surface area contributed by atoms with Crippen LogP contribution in [0.2, 0.25) is 0 Å². The minimum atomic E-state index is 0.751. The SMILES string of the molecule is Nc1cc(Br)ccc1C=C(Br)Br. The molecule has 0 atom stereocenters. The molecule has 4 heteroatoms. The highest BCUT2D eigenvalue weighted by atomic mass is 79.9. The third-order valence-electron chi connectivity index (χ3n) is 1.31. The summed E-state index contributed by atoms with van der Waals surface area (Å²) in [7, 11) is 0. The van der Waals surface area contributed by atoms with Crippen LogP contribution < -0.4 is 5.73 Å². The number of halogens is 3. The molecule has 0 amide bonds. The van der Waals surface area contributed by atoms with E-state index in [1.54, 1.807) is 0 Å². The standard InChI is InChI=1S/C8H6Br3N/c9-6-2-1-5(3-8(10)11)7(12)4-6/h1-4H,12H2. The maximum Gasteiger partial charge on any atom is 0.0610 e. The zero-order valence-corrected chi connectivity index (χ0v) is 10.8. The first kappa shape index (κ1) is 10.3. The fourth-order valence-electron chi connectivity index (χ4n) is 0.795. The Morgan fingerprint density at radius 2 is 2.00 bits per heavy atom. The van der Waals surface area contributed by atoms with Gasteiger partial charge in [0.1, 0.15) is 0 Å². The number of anilines is 1. The average Bonchev–Trinajstić information content (AvgIpc) is 1.94. The molecular weight excluding hydrogens is 350 g/mol. The maximum atomic E-state index is 5.75. The third-order valence-corrected chi connectivity index (χ3v) is 2.26. The molecule has 12 heavy (non-hydrogen) atoms. The summed E-state index contributed by atoms with van der Waals surface area (Å²) in [5.41, 5.74) is 7.49. The van der Waals surface area contributed by atoms with Crippen LogP contribution in [0.15, 0.2) is 26.1 Å². The first-order valence-corrected chi connectivity index (χ1v) is 5.55. The molecule has 0 saturated carbocycles. The smallest absolute Gasteiger partial charge is 0.0610 e. The number of nitrogen functional groups attached to an aromatic ring is 1. The Bertz CT molecular complexity index is 316. The van der Waals surface area contributed by atoms with Crippen molar-refractivity contribution in [1.29, 1.82) is 0 Å². The fraction of sp³-hybridized carbons (Fsp3) is 0. The summed E-state index contributed by atoms with van der Waals surface area (Å²) < 4.78 is 1.87. The molecule has 1 nitrogen and oxygen atoms in total. The van der Waals surface area contributed by atoms with E-state index in [0.29, 0.717) is 0 Å². The molecule has 1 aromatic carbocycles. The lowest BCUT2D eigenvalue weighted by Gasteiger charge is -2.00. The number of nitrogens with two attached hydrogens (primary N) is 1. The molecule has 0 aliphatic rings. The second kappa shape index (κ2) is 4.44. The van der Waals surface area contributed by atoms with Crippen LogP contribution >= 0.6 is 47.8 Å². The molecule has 0 heterocycles. The van der Waals surface area contributed by atoms with Crippen LogP contribution in [-0.4, -0.2) is 0 Å². The van der Waals surface area contributed by atoms with Crippen LogP contribution in [0.1, 0.15) is 5.56 Å². The minimum absolute atomic E-state index is 0.751. The molecule has 64 valence electrons. The first-order chi connectivity index (χ1) is 5.59. The fourth-order valence-corrected chi connectivity index (χ4v) is 1.67. The molecular formula is C8H6Br3N. The number of benzene rings is 1. The summed E-state index contributed by atoms with van der Waals surface area (Å²) in [5, 5.41) is 0. The monoisotopic (exact) mass is 353 g/mol. The van der Waals surface area contributed by atoms with Crippen LogP contribution in [0, 0.1) is 0 Å². The molecule has 0 radical (unpaired) electrons. The van der Waals surface area contributed by atoms with Gasteiger partial charge >= 0.3 is 0 Å². The molecule has 1 rings (SSSR count). The molecule has 0 bridgehead atoms. The lowest BCUT2D eigenvalue weighted by molar-refractivity contribution is 1.60. The summed E-state index contributed by atoms with van der Waals surface area (Å²) in [5.74, 6) is 0. The van der Waals surface area contributed by atoms with E-state index in [-0.39, 0.29) is 0 Å². The van der Waals surface area contributed by atoms with Crippen LogP contribution in [-0.2, 0) is 0 Å². The van der Waals surface area contributed by atoms with E-state index in [2.05, 4.69) is 47.8 Å². The van der Waals surface area contributed by atoms with E-state index in [4.69, 9.17) is 5.73 Å². The van der Waals surface area contributed by atoms with Gasteiger partial charge in [0.25, 0.3) is 0 Å². The van der Waals surface area contributed by atoms with Crippen molar-refractivity contribution in [3.8, 4) is 0 Å². The minimum Gasteiger partial charge on any atom is -0.398 e. The van der Waals surface area contributed by atoms with Gasteiger partial charge in [-0.25, -0.2) is 0 Å². The van der Waals surface area contributed by atoms with Gasteiger partial charge in [-0.2, -0.15) is 0 Å². The average molecular weight is 356 g/mol.